The zero-order valence-corrected chi connectivity index (χ0v) is 27.7. The minimum atomic E-state index is -0.738. The van der Waals surface area contributed by atoms with Crippen molar-refractivity contribution in [2.75, 3.05) is 48.0 Å². The van der Waals surface area contributed by atoms with Crippen molar-refractivity contribution in [3.63, 3.8) is 0 Å². The summed E-state index contributed by atoms with van der Waals surface area (Å²) >= 11 is 0. The molecular formula is C40H38N8O2. The normalized spacial score (nSPS) is 14.8. The van der Waals surface area contributed by atoms with Gasteiger partial charge in [0.25, 0.3) is 0 Å². The van der Waals surface area contributed by atoms with Gasteiger partial charge in [-0.2, -0.15) is 4.98 Å². The van der Waals surface area contributed by atoms with Crippen LogP contribution in [-0.4, -0.2) is 58.3 Å². The Kier molecular flexibility index (Phi) is 8.67. The van der Waals surface area contributed by atoms with Crippen LogP contribution in [-0.2, 0) is 28.2 Å². The van der Waals surface area contributed by atoms with E-state index in [0.29, 0.717) is 24.9 Å². The van der Waals surface area contributed by atoms with E-state index in [4.69, 9.17) is 14.7 Å². The number of amides is 1. The van der Waals surface area contributed by atoms with E-state index in [-0.39, 0.29) is 12.5 Å². The fraction of sp³-hybridized carbons (Fsp3) is 0.200. The summed E-state index contributed by atoms with van der Waals surface area (Å²) in [6, 6.07) is 39.8. The first-order valence-electron chi connectivity index (χ1n) is 16.9. The molecule has 0 radical (unpaired) electrons. The first-order valence-corrected chi connectivity index (χ1v) is 16.9. The highest BCUT2D eigenvalue weighted by molar-refractivity contribution is 5.82. The molecule has 2 N–H and O–H groups in total. The molecule has 10 heteroatoms. The van der Waals surface area contributed by atoms with Gasteiger partial charge in [0.05, 0.1) is 26.3 Å². The van der Waals surface area contributed by atoms with Gasteiger partial charge in [0.15, 0.2) is 0 Å². The molecule has 4 heterocycles. The Labute approximate surface area is 291 Å². The van der Waals surface area contributed by atoms with Crippen LogP contribution in [0.25, 0.3) is 0 Å². The maximum atomic E-state index is 13.1. The third kappa shape index (κ3) is 6.05. The number of nitrogens with one attached hydrogen (secondary N) is 2. The van der Waals surface area contributed by atoms with Crippen molar-refractivity contribution < 1.29 is 9.53 Å². The molecule has 4 aromatic carbocycles. The minimum Gasteiger partial charge on any atom is -0.378 e. The molecule has 250 valence electrons. The summed E-state index contributed by atoms with van der Waals surface area (Å²) in [6.45, 7) is 4.04. The van der Waals surface area contributed by atoms with Crippen molar-refractivity contribution in [1.82, 2.24) is 24.8 Å². The van der Waals surface area contributed by atoms with E-state index in [1.54, 1.807) is 6.20 Å². The van der Waals surface area contributed by atoms with Crippen molar-refractivity contribution in [3.8, 4) is 0 Å². The molecule has 50 heavy (non-hydrogen) atoms. The van der Waals surface area contributed by atoms with Crippen molar-refractivity contribution in [2.24, 2.45) is 0 Å². The summed E-state index contributed by atoms with van der Waals surface area (Å²) in [6.07, 6.45) is 5.67. The maximum Gasteiger partial charge on any atom is 0.239 e. The molecule has 2 aliphatic heterocycles. The molecule has 0 aliphatic carbocycles. The Bertz CT molecular complexity index is 1950. The van der Waals surface area contributed by atoms with Crippen LogP contribution in [0.2, 0.25) is 0 Å². The number of anilines is 4. The number of rotatable bonds is 9. The molecule has 0 atom stereocenters. The van der Waals surface area contributed by atoms with Gasteiger partial charge in [-0.15, -0.1) is 0 Å². The van der Waals surface area contributed by atoms with Crippen LogP contribution in [0.15, 0.2) is 134 Å². The van der Waals surface area contributed by atoms with E-state index < -0.39 is 5.54 Å². The number of hydrogen-bond acceptors (Lipinski definition) is 8. The summed E-state index contributed by atoms with van der Waals surface area (Å²) in [5.74, 6) is 1.84. The Morgan fingerprint density at radius 2 is 1.40 bits per heavy atom. The van der Waals surface area contributed by atoms with Crippen molar-refractivity contribution in [1.29, 1.82) is 0 Å². The smallest absolute Gasteiger partial charge is 0.239 e. The topological polar surface area (TPSA) is 100 Å². The maximum absolute atomic E-state index is 13.1. The van der Waals surface area contributed by atoms with Gasteiger partial charge in [0.2, 0.25) is 11.9 Å². The largest absolute Gasteiger partial charge is 0.378 e. The number of nitrogens with zero attached hydrogens (tertiary/aromatic N) is 6. The van der Waals surface area contributed by atoms with Crippen molar-refractivity contribution >= 4 is 29.0 Å². The molecule has 2 aliphatic rings. The highest BCUT2D eigenvalue weighted by Gasteiger charge is 2.40. The van der Waals surface area contributed by atoms with Gasteiger partial charge in [0.1, 0.15) is 17.2 Å². The number of imidazole rings is 1. The van der Waals surface area contributed by atoms with Crippen LogP contribution in [0.4, 0.5) is 23.1 Å². The fourth-order valence-electron chi connectivity index (χ4n) is 7.07. The average molecular weight is 663 g/mol. The molecule has 1 fully saturated rings. The Morgan fingerprint density at radius 1 is 0.780 bits per heavy atom. The van der Waals surface area contributed by atoms with E-state index in [1.807, 2.05) is 47.6 Å². The number of benzene rings is 4. The average Bonchev–Trinajstić information content (AvgIpc) is 3.58. The monoisotopic (exact) mass is 662 g/mol. The summed E-state index contributed by atoms with van der Waals surface area (Å²) in [5, 5.41) is 6.39. The van der Waals surface area contributed by atoms with E-state index in [1.165, 1.54) is 0 Å². The van der Waals surface area contributed by atoms with Crippen LogP contribution in [0.1, 0.15) is 28.1 Å². The Hall–Kier alpha value is -6.00. The summed E-state index contributed by atoms with van der Waals surface area (Å²) < 4.78 is 7.75. The van der Waals surface area contributed by atoms with Gasteiger partial charge in [-0.05, 0) is 41.0 Å². The van der Waals surface area contributed by atoms with Gasteiger partial charge in [-0.3, -0.25) is 4.79 Å². The predicted octanol–water partition coefficient (Wildman–Crippen LogP) is 5.73. The Morgan fingerprint density at radius 3 is 2.02 bits per heavy atom. The number of carbonyl (C=O) groups excluding carboxylic acids is 1. The summed E-state index contributed by atoms with van der Waals surface area (Å²) in [4.78, 5) is 32.0. The van der Waals surface area contributed by atoms with Crippen molar-refractivity contribution in [2.45, 2.75) is 18.6 Å². The SMILES string of the molecule is O=C1CN(Cc2nccn2C(c2ccccc2)(c2ccccc2)c2ccccc2)c2nc(Nc3ccc(N4CCOCC4)cc3)ncc2CN1. The third-order valence-corrected chi connectivity index (χ3v) is 9.44. The van der Waals surface area contributed by atoms with E-state index in [0.717, 1.165) is 65.8 Å². The lowest BCUT2D eigenvalue weighted by molar-refractivity contribution is -0.119. The van der Waals surface area contributed by atoms with Crippen molar-refractivity contribution in [3.05, 3.63) is 162 Å². The number of ether oxygens (including phenoxy) is 1. The number of hydrogen-bond donors (Lipinski definition) is 2. The second-order valence-electron chi connectivity index (χ2n) is 12.5. The third-order valence-electron chi connectivity index (χ3n) is 9.44. The quantitative estimate of drug-likeness (QED) is 0.190. The fourth-order valence-corrected chi connectivity index (χ4v) is 7.07. The molecule has 0 unspecified atom stereocenters. The second-order valence-corrected chi connectivity index (χ2v) is 12.5. The van der Waals surface area contributed by atoms with Crippen LogP contribution in [0.3, 0.4) is 0 Å². The highest BCUT2D eigenvalue weighted by atomic mass is 16.5. The number of aromatic nitrogens is 4. The number of morpholine rings is 1. The van der Waals surface area contributed by atoms with Gasteiger partial charge in [-0.25, -0.2) is 9.97 Å². The zero-order chi connectivity index (χ0) is 33.8. The first kappa shape index (κ1) is 31.3. The van der Waals surface area contributed by atoms with E-state index in [9.17, 15) is 4.79 Å². The lowest BCUT2D eigenvalue weighted by Gasteiger charge is -2.39. The molecular weight excluding hydrogens is 624 g/mol. The first-order chi connectivity index (χ1) is 24.7. The molecule has 8 rings (SSSR count). The van der Waals surface area contributed by atoms with Crippen LogP contribution < -0.4 is 20.4 Å². The van der Waals surface area contributed by atoms with Gasteiger partial charge in [0, 0.05) is 55.2 Å². The predicted molar refractivity (Wildman–Crippen MR) is 195 cm³/mol. The molecule has 0 bridgehead atoms. The molecule has 6 aromatic rings. The van der Waals surface area contributed by atoms with Gasteiger partial charge in [-0.1, -0.05) is 91.0 Å². The Balaban J connectivity index is 1.17. The summed E-state index contributed by atoms with van der Waals surface area (Å²) in [7, 11) is 0. The zero-order valence-electron chi connectivity index (χ0n) is 27.7. The molecule has 0 saturated carbocycles. The molecule has 2 aromatic heterocycles. The lowest BCUT2D eigenvalue weighted by Crippen LogP contribution is -2.40. The molecule has 0 spiro atoms. The summed E-state index contributed by atoms with van der Waals surface area (Å²) in [5.41, 5.74) is 5.42. The molecule has 1 saturated heterocycles. The van der Waals surface area contributed by atoms with E-state index in [2.05, 4.69) is 110 Å². The molecule has 10 nitrogen and oxygen atoms in total. The number of carbonyl (C=O) groups is 1. The second kappa shape index (κ2) is 13.9. The van der Waals surface area contributed by atoms with E-state index >= 15 is 0 Å². The standard InChI is InChI=1S/C40H38N8O2/c49-37-29-47(38-30(26-42-37)27-43-39(45-38)44-34-16-18-35(19-17-34)46-22-24-50-25-23-46)28-36-41-20-21-48(36)40(31-10-4-1-5-11-31,32-12-6-2-7-13-32)33-14-8-3-9-15-33/h1-21,27H,22-26,28-29H2,(H,42,49)(H,43,44,45). The van der Waals surface area contributed by atoms with Gasteiger partial charge < -0.3 is 29.7 Å². The highest BCUT2D eigenvalue weighted by Crippen LogP contribution is 2.42. The minimum absolute atomic E-state index is 0.0882. The lowest BCUT2D eigenvalue weighted by atomic mass is 9.76. The van der Waals surface area contributed by atoms with Crippen LogP contribution in [0.5, 0.6) is 0 Å². The number of fused-ring (bicyclic) bond motifs is 1. The molecule has 1 amide bonds. The van der Waals surface area contributed by atoms with Crippen LogP contribution in [0, 0.1) is 0 Å². The van der Waals surface area contributed by atoms with Crippen LogP contribution >= 0.6 is 0 Å². The van der Waals surface area contributed by atoms with Gasteiger partial charge >= 0.3 is 0 Å².